The third-order valence-corrected chi connectivity index (χ3v) is 2.97. The summed E-state index contributed by atoms with van der Waals surface area (Å²) in [5, 5.41) is 11.0. The molecule has 2 aromatic carbocycles. The summed E-state index contributed by atoms with van der Waals surface area (Å²) < 4.78 is 11.2. The highest BCUT2D eigenvalue weighted by Gasteiger charge is 2.05. The van der Waals surface area contributed by atoms with Gasteiger partial charge in [-0.25, -0.2) is 0 Å². The molecular weight excluding hydrogens is 264 g/mol. The fraction of sp³-hybridized carbons (Fsp3) is 0.0667. The molecule has 0 aliphatic rings. The van der Waals surface area contributed by atoms with Gasteiger partial charge in [0.15, 0.2) is 0 Å². The van der Waals surface area contributed by atoms with Crippen molar-refractivity contribution in [2.45, 2.75) is 6.61 Å². The van der Waals surface area contributed by atoms with E-state index >= 15 is 0 Å². The molecule has 0 bridgehead atoms. The van der Waals surface area contributed by atoms with Crippen LogP contribution in [-0.2, 0) is 6.61 Å². The third-order valence-electron chi connectivity index (χ3n) is 2.73. The van der Waals surface area contributed by atoms with Crippen molar-refractivity contribution in [2.75, 3.05) is 0 Å². The second kappa shape index (κ2) is 4.86. The number of benzene rings is 2. The fourth-order valence-electron chi connectivity index (χ4n) is 1.86. The standard InChI is InChI=1S/C15H11ClO3/c16-11-5-4-10-6-14(19-15(10)7-11)9-18-13-3-1-2-12(17)8-13/h1-8,17H,9H2. The lowest BCUT2D eigenvalue weighted by Gasteiger charge is -2.03. The molecule has 0 amide bonds. The van der Waals surface area contributed by atoms with Gasteiger partial charge in [-0.15, -0.1) is 0 Å². The Hall–Kier alpha value is -2.13. The van der Waals surface area contributed by atoms with Crippen LogP contribution >= 0.6 is 11.6 Å². The Morgan fingerprint density at radius 2 is 2.00 bits per heavy atom. The average molecular weight is 275 g/mol. The third kappa shape index (κ3) is 2.66. The van der Waals surface area contributed by atoms with E-state index in [1.54, 1.807) is 30.3 Å². The first-order valence-electron chi connectivity index (χ1n) is 5.80. The Kier molecular flexibility index (Phi) is 3.05. The quantitative estimate of drug-likeness (QED) is 0.771. The zero-order valence-electron chi connectivity index (χ0n) is 9.97. The van der Waals surface area contributed by atoms with E-state index in [1.165, 1.54) is 0 Å². The van der Waals surface area contributed by atoms with Gasteiger partial charge in [0.05, 0.1) is 0 Å². The number of halogens is 1. The number of furan rings is 1. The first-order chi connectivity index (χ1) is 9.20. The summed E-state index contributed by atoms with van der Waals surface area (Å²) in [6, 6.07) is 14.1. The zero-order valence-corrected chi connectivity index (χ0v) is 10.7. The molecule has 0 saturated heterocycles. The molecule has 0 spiro atoms. The lowest BCUT2D eigenvalue weighted by atomic mass is 10.2. The maximum absolute atomic E-state index is 9.34. The van der Waals surface area contributed by atoms with Crippen molar-refractivity contribution < 1.29 is 14.3 Å². The smallest absolute Gasteiger partial charge is 0.146 e. The van der Waals surface area contributed by atoms with E-state index in [2.05, 4.69) is 0 Å². The predicted molar refractivity (Wildman–Crippen MR) is 73.7 cm³/mol. The molecule has 0 aliphatic heterocycles. The highest BCUT2D eigenvalue weighted by Crippen LogP contribution is 2.24. The van der Waals surface area contributed by atoms with E-state index in [0.29, 0.717) is 23.1 Å². The number of phenols is 1. The van der Waals surface area contributed by atoms with Crippen LogP contribution in [0.25, 0.3) is 11.0 Å². The Morgan fingerprint density at radius 1 is 1.11 bits per heavy atom. The molecule has 0 saturated carbocycles. The summed E-state index contributed by atoms with van der Waals surface area (Å²) in [7, 11) is 0. The van der Waals surface area contributed by atoms with Crippen molar-refractivity contribution in [1.82, 2.24) is 0 Å². The van der Waals surface area contributed by atoms with Crippen LogP contribution in [0.1, 0.15) is 5.76 Å². The van der Waals surface area contributed by atoms with Crippen molar-refractivity contribution in [2.24, 2.45) is 0 Å². The molecule has 3 rings (SSSR count). The number of rotatable bonds is 3. The largest absolute Gasteiger partial charge is 0.508 e. The second-order valence-electron chi connectivity index (χ2n) is 4.18. The van der Waals surface area contributed by atoms with Crippen molar-refractivity contribution >= 4 is 22.6 Å². The van der Waals surface area contributed by atoms with E-state index in [-0.39, 0.29) is 5.75 Å². The van der Waals surface area contributed by atoms with Crippen LogP contribution in [0, 0.1) is 0 Å². The van der Waals surface area contributed by atoms with Gasteiger partial charge in [-0.3, -0.25) is 0 Å². The van der Waals surface area contributed by atoms with E-state index in [1.807, 2.05) is 18.2 Å². The minimum Gasteiger partial charge on any atom is -0.508 e. The number of phenolic OH excluding ortho intramolecular Hbond substituents is 1. The number of fused-ring (bicyclic) bond motifs is 1. The topological polar surface area (TPSA) is 42.6 Å². The van der Waals surface area contributed by atoms with Crippen molar-refractivity contribution in [3.8, 4) is 11.5 Å². The molecule has 3 nitrogen and oxygen atoms in total. The van der Waals surface area contributed by atoms with E-state index < -0.39 is 0 Å². The molecule has 3 aromatic rings. The maximum Gasteiger partial charge on any atom is 0.146 e. The lowest BCUT2D eigenvalue weighted by Crippen LogP contribution is -1.92. The number of hydrogen-bond donors (Lipinski definition) is 1. The highest BCUT2D eigenvalue weighted by molar-refractivity contribution is 6.31. The van der Waals surface area contributed by atoms with Gasteiger partial charge in [-0.05, 0) is 30.3 Å². The molecular formula is C15H11ClO3. The molecule has 0 unspecified atom stereocenters. The van der Waals surface area contributed by atoms with Gasteiger partial charge in [-0.2, -0.15) is 0 Å². The molecule has 1 aromatic heterocycles. The molecule has 19 heavy (non-hydrogen) atoms. The van der Waals surface area contributed by atoms with Crippen LogP contribution in [0.4, 0.5) is 0 Å². The zero-order chi connectivity index (χ0) is 13.2. The Labute approximate surface area is 115 Å². The number of hydrogen-bond acceptors (Lipinski definition) is 3. The molecule has 1 N–H and O–H groups in total. The van der Waals surface area contributed by atoms with Crippen molar-refractivity contribution in [1.29, 1.82) is 0 Å². The molecule has 0 fully saturated rings. The van der Waals surface area contributed by atoms with Gasteiger partial charge < -0.3 is 14.3 Å². The highest BCUT2D eigenvalue weighted by atomic mass is 35.5. The monoisotopic (exact) mass is 274 g/mol. The maximum atomic E-state index is 9.34. The first kappa shape index (κ1) is 11.9. The van der Waals surface area contributed by atoms with Crippen molar-refractivity contribution in [3.63, 3.8) is 0 Å². The van der Waals surface area contributed by atoms with Gasteiger partial charge in [0.25, 0.3) is 0 Å². The Balaban J connectivity index is 1.78. The van der Waals surface area contributed by atoms with Gasteiger partial charge in [0.1, 0.15) is 29.4 Å². The predicted octanol–water partition coefficient (Wildman–Crippen LogP) is 4.37. The summed E-state index contributed by atoms with van der Waals surface area (Å²) >= 11 is 5.90. The van der Waals surface area contributed by atoms with Crippen LogP contribution in [-0.4, -0.2) is 5.11 Å². The molecule has 96 valence electrons. The molecule has 0 aliphatic carbocycles. The van der Waals surface area contributed by atoms with Crippen LogP contribution in [0.3, 0.4) is 0 Å². The van der Waals surface area contributed by atoms with Gasteiger partial charge >= 0.3 is 0 Å². The summed E-state index contributed by atoms with van der Waals surface area (Å²) in [6.45, 7) is 0.301. The summed E-state index contributed by atoms with van der Waals surface area (Å²) in [4.78, 5) is 0. The number of ether oxygens (including phenoxy) is 1. The number of aromatic hydroxyl groups is 1. The van der Waals surface area contributed by atoms with Gasteiger partial charge in [-0.1, -0.05) is 17.7 Å². The Morgan fingerprint density at radius 3 is 2.84 bits per heavy atom. The molecule has 0 radical (unpaired) electrons. The minimum atomic E-state index is 0.175. The summed E-state index contributed by atoms with van der Waals surface area (Å²) in [5.41, 5.74) is 0.738. The van der Waals surface area contributed by atoms with Crippen LogP contribution in [0.2, 0.25) is 5.02 Å². The van der Waals surface area contributed by atoms with E-state index in [4.69, 9.17) is 20.8 Å². The average Bonchev–Trinajstić information content (AvgIpc) is 2.78. The first-order valence-corrected chi connectivity index (χ1v) is 6.18. The molecule has 0 atom stereocenters. The molecule has 1 heterocycles. The SMILES string of the molecule is Oc1cccc(OCc2cc3ccc(Cl)cc3o2)c1. The minimum absolute atomic E-state index is 0.175. The van der Waals surface area contributed by atoms with Crippen molar-refractivity contribution in [3.05, 3.63) is 59.3 Å². The Bertz CT molecular complexity index is 718. The van der Waals surface area contributed by atoms with Gasteiger partial charge in [0.2, 0.25) is 0 Å². The fourth-order valence-corrected chi connectivity index (χ4v) is 2.02. The van der Waals surface area contributed by atoms with Crippen LogP contribution in [0.5, 0.6) is 11.5 Å². The normalized spacial score (nSPS) is 10.8. The lowest BCUT2D eigenvalue weighted by molar-refractivity contribution is 0.273. The van der Waals surface area contributed by atoms with E-state index in [9.17, 15) is 5.11 Å². The van der Waals surface area contributed by atoms with E-state index in [0.717, 1.165) is 11.0 Å². The van der Waals surface area contributed by atoms with Crippen LogP contribution < -0.4 is 4.74 Å². The second-order valence-corrected chi connectivity index (χ2v) is 4.62. The van der Waals surface area contributed by atoms with Gasteiger partial charge in [0, 0.05) is 22.5 Å². The molecule has 4 heteroatoms. The van der Waals surface area contributed by atoms with Crippen LogP contribution in [0.15, 0.2) is 52.9 Å². The summed E-state index contributed by atoms with van der Waals surface area (Å²) in [5.74, 6) is 1.48. The summed E-state index contributed by atoms with van der Waals surface area (Å²) in [6.07, 6.45) is 0.